The van der Waals surface area contributed by atoms with Crippen molar-refractivity contribution in [2.24, 2.45) is 11.7 Å². The number of hydrogen-bond donors (Lipinski definition) is 10. The highest BCUT2D eigenvalue weighted by Crippen LogP contribution is 2.15. The van der Waals surface area contributed by atoms with E-state index in [1.54, 1.807) is 19.9 Å². The minimum atomic E-state index is -1.02. The number of Topliss-reactive ketones (excluding diaryl/α,β-unsaturated/α-hetero) is 1. The number of rotatable bonds is 24. The molecule has 0 saturated carbocycles. The number of carbonyl (C=O) groups is 1. The zero-order valence-corrected chi connectivity index (χ0v) is 24.1. The molecule has 0 saturated heterocycles. The predicted molar refractivity (Wildman–Crippen MR) is 152 cm³/mol. The molecule has 0 amide bonds. The summed E-state index contributed by atoms with van der Waals surface area (Å²) in [5.74, 6) is -0.303. The van der Waals surface area contributed by atoms with Crippen molar-refractivity contribution in [2.45, 2.75) is 139 Å². The summed E-state index contributed by atoms with van der Waals surface area (Å²) in [5, 5.41) is 90.2. The number of hydrogen-bond acceptors (Lipinski definition) is 11. The van der Waals surface area contributed by atoms with Gasteiger partial charge in [0.05, 0.1) is 54.9 Å². The van der Waals surface area contributed by atoms with E-state index in [0.717, 1.165) is 0 Å². The van der Waals surface area contributed by atoms with Crippen LogP contribution < -0.4 is 5.73 Å². The van der Waals surface area contributed by atoms with E-state index in [1.807, 2.05) is 0 Å². The molecular weight excluding hydrogens is 522 g/mol. The Kier molecular flexibility index (Phi) is 21.7. The Balaban J connectivity index is 4.24. The van der Waals surface area contributed by atoms with Crippen LogP contribution in [0.2, 0.25) is 0 Å². The fourth-order valence-corrected chi connectivity index (χ4v) is 4.26. The van der Waals surface area contributed by atoms with E-state index in [9.17, 15) is 50.8 Å². The summed E-state index contributed by atoms with van der Waals surface area (Å²) in [6.45, 7) is 3.94. The molecule has 0 bridgehead atoms. The number of nitrogens with two attached hydrogens (primary N) is 1. The Labute approximate surface area is 238 Å². The molecule has 236 valence electrons. The minimum Gasteiger partial charge on any atom is -0.393 e. The maximum absolute atomic E-state index is 11.7. The summed E-state index contributed by atoms with van der Waals surface area (Å²) in [7, 11) is 0. The van der Waals surface area contributed by atoms with Crippen LogP contribution in [0.1, 0.15) is 84.5 Å². The molecule has 0 aliphatic carbocycles. The molecule has 0 aliphatic heterocycles. The van der Waals surface area contributed by atoms with Crippen LogP contribution in [0.3, 0.4) is 0 Å². The van der Waals surface area contributed by atoms with Gasteiger partial charge in [0.1, 0.15) is 5.78 Å². The summed E-state index contributed by atoms with van der Waals surface area (Å²) >= 11 is 0. The van der Waals surface area contributed by atoms with E-state index >= 15 is 0 Å². The van der Waals surface area contributed by atoms with Gasteiger partial charge in [0, 0.05) is 25.2 Å². The first-order valence-corrected chi connectivity index (χ1v) is 14.4. The first kappa shape index (κ1) is 38.8. The van der Waals surface area contributed by atoms with Crippen LogP contribution in [0.4, 0.5) is 0 Å². The van der Waals surface area contributed by atoms with Gasteiger partial charge in [-0.15, -0.1) is 0 Å². The Morgan fingerprint density at radius 2 is 1.00 bits per heavy atom. The number of ketones is 1. The van der Waals surface area contributed by atoms with Gasteiger partial charge < -0.3 is 51.7 Å². The first-order valence-electron chi connectivity index (χ1n) is 14.4. The highest BCUT2D eigenvalue weighted by molar-refractivity contribution is 5.80. The molecule has 9 atom stereocenters. The average molecular weight is 578 g/mol. The summed E-state index contributed by atoms with van der Waals surface area (Å²) in [6, 6.07) is 0. The topological polar surface area (TPSA) is 225 Å². The maximum atomic E-state index is 11.7. The molecule has 0 fully saturated rings. The monoisotopic (exact) mass is 577 g/mol. The van der Waals surface area contributed by atoms with Crippen molar-refractivity contribution in [1.82, 2.24) is 0 Å². The molecule has 9 unspecified atom stereocenters. The molecular formula is C29H55NO10. The van der Waals surface area contributed by atoms with Gasteiger partial charge in [0.25, 0.3) is 0 Å². The maximum Gasteiger partial charge on any atom is 0.137 e. The highest BCUT2D eigenvalue weighted by Gasteiger charge is 2.20. The van der Waals surface area contributed by atoms with Crippen LogP contribution >= 0.6 is 0 Å². The molecule has 0 aliphatic rings. The summed E-state index contributed by atoms with van der Waals surface area (Å²) in [6.07, 6.45) is -0.908. The lowest BCUT2D eigenvalue weighted by atomic mass is 9.97. The SMILES string of the molecule is CC(C)C(=O)CC(O)CC(O)CC(O)C=CCC(O)CC(O)CC(O)CC(O)C=CCC(O)CC(O)CCCN. The molecule has 0 heterocycles. The lowest BCUT2D eigenvalue weighted by Gasteiger charge is -2.19. The number of aliphatic hydroxyl groups excluding tert-OH is 9. The van der Waals surface area contributed by atoms with Crippen LogP contribution in [-0.2, 0) is 4.79 Å². The minimum absolute atomic E-state index is 0.0270. The van der Waals surface area contributed by atoms with Crippen molar-refractivity contribution in [3.05, 3.63) is 24.3 Å². The van der Waals surface area contributed by atoms with Gasteiger partial charge in [-0.05, 0) is 57.9 Å². The molecule has 11 heteroatoms. The first-order chi connectivity index (χ1) is 18.7. The normalized spacial score (nSPS) is 19.4. The van der Waals surface area contributed by atoms with Gasteiger partial charge in [-0.25, -0.2) is 0 Å². The second-order valence-corrected chi connectivity index (χ2v) is 11.2. The molecule has 0 rings (SSSR count). The number of aliphatic hydroxyl groups is 9. The second-order valence-electron chi connectivity index (χ2n) is 11.2. The molecule has 11 nitrogen and oxygen atoms in total. The van der Waals surface area contributed by atoms with E-state index in [0.29, 0.717) is 19.4 Å². The van der Waals surface area contributed by atoms with Crippen molar-refractivity contribution in [3.8, 4) is 0 Å². The van der Waals surface area contributed by atoms with Gasteiger partial charge in [-0.1, -0.05) is 38.2 Å². The molecule has 0 aromatic rings. The molecule has 0 aromatic heterocycles. The van der Waals surface area contributed by atoms with Crippen molar-refractivity contribution in [2.75, 3.05) is 6.54 Å². The van der Waals surface area contributed by atoms with Crippen LogP contribution in [-0.4, -0.2) is 113 Å². The van der Waals surface area contributed by atoms with Crippen molar-refractivity contribution >= 4 is 5.78 Å². The zero-order chi connectivity index (χ0) is 30.7. The van der Waals surface area contributed by atoms with Gasteiger partial charge in [-0.3, -0.25) is 4.79 Å². The van der Waals surface area contributed by atoms with Crippen LogP contribution in [0.15, 0.2) is 24.3 Å². The molecule has 0 aromatic carbocycles. The van der Waals surface area contributed by atoms with Crippen molar-refractivity contribution < 1.29 is 50.8 Å². The Bertz CT molecular complexity index is 704. The fourth-order valence-electron chi connectivity index (χ4n) is 4.26. The third kappa shape index (κ3) is 21.5. The summed E-state index contributed by atoms with van der Waals surface area (Å²) < 4.78 is 0. The fraction of sp³-hybridized carbons (Fsp3) is 0.828. The lowest BCUT2D eigenvalue weighted by Crippen LogP contribution is -2.25. The molecule has 0 spiro atoms. The third-order valence-corrected chi connectivity index (χ3v) is 6.56. The smallest absolute Gasteiger partial charge is 0.137 e. The van der Waals surface area contributed by atoms with Gasteiger partial charge in [0.15, 0.2) is 0 Å². The quantitative estimate of drug-likeness (QED) is 0.0677. The van der Waals surface area contributed by atoms with E-state index < -0.39 is 54.9 Å². The van der Waals surface area contributed by atoms with Crippen LogP contribution in [0, 0.1) is 5.92 Å². The van der Waals surface area contributed by atoms with Crippen LogP contribution in [0.5, 0.6) is 0 Å². The van der Waals surface area contributed by atoms with Crippen LogP contribution in [0.25, 0.3) is 0 Å². The Hall–Kier alpha value is -1.25. The predicted octanol–water partition coefficient (Wildman–Crippen LogP) is -0.178. The zero-order valence-electron chi connectivity index (χ0n) is 24.1. The van der Waals surface area contributed by atoms with E-state index in [4.69, 9.17) is 5.73 Å². The van der Waals surface area contributed by atoms with Crippen molar-refractivity contribution in [3.63, 3.8) is 0 Å². The van der Waals surface area contributed by atoms with E-state index in [2.05, 4.69) is 0 Å². The standard InChI is InChI=1S/C29H55NO10/c1-19(2)29(40)18-28(39)17-27(38)15-23(34)9-4-8-22(33)14-26(37)16-25(36)13-21(32)7-3-6-20(31)12-24(35)10-5-11-30/h3-4,7,9,19-28,31-39H,5-6,8,10-18,30H2,1-2H3. The van der Waals surface area contributed by atoms with Crippen molar-refractivity contribution in [1.29, 1.82) is 0 Å². The molecule has 40 heavy (non-hydrogen) atoms. The van der Waals surface area contributed by atoms with E-state index in [-0.39, 0.29) is 69.5 Å². The Morgan fingerprint density at radius 1 is 0.600 bits per heavy atom. The van der Waals surface area contributed by atoms with E-state index in [1.165, 1.54) is 18.2 Å². The Morgan fingerprint density at radius 3 is 1.45 bits per heavy atom. The average Bonchev–Trinajstić information content (AvgIpc) is 2.81. The van der Waals surface area contributed by atoms with Gasteiger partial charge in [-0.2, -0.15) is 0 Å². The second kappa shape index (κ2) is 22.4. The largest absolute Gasteiger partial charge is 0.393 e. The summed E-state index contributed by atoms with van der Waals surface area (Å²) in [5.41, 5.74) is 5.39. The lowest BCUT2D eigenvalue weighted by molar-refractivity contribution is -0.124. The third-order valence-electron chi connectivity index (χ3n) is 6.56. The summed E-state index contributed by atoms with van der Waals surface area (Å²) in [4.78, 5) is 11.7. The number of carbonyl (C=O) groups excluding carboxylic acids is 1. The molecule has 0 radical (unpaired) electrons. The van der Waals surface area contributed by atoms with Gasteiger partial charge >= 0.3 is 0 Å². The highest BCUT2D eigenvalue weighted by atomic mass is 16.3. The van der Waals surface area contributed by atoms with Gasteiger partial charge in [0.2, 0.25) is 0 Å². The molecule has 11 N–H and O–H groups in total.